The van der Waals surface area contributed by atoms with Gasteiger partial charge in [-0.15, -0.1) is 0 Å². The van der Waals surface area contributed by atoms with Gasteiger partial charge in [-0.1, -0.05) is 32.5 Å². The summed E-state index contributed by atoms with van der Waals surface area (Å²) in [6.45, 7) is 7.42. The van der Waals surface area contributed by atoms with Gasteiger partial charge in [0.1, 0.15) is 5.52 Å². The number of hydrogen-bond donors (Lipinski definition) is 1. The van der Waals surface area contributed by atoms with Crippen molar-refractivity contribution in [2.24, 2.45) is 5.41 Å². The van der Waals surface area contributed by atoms with Crippen molar-refractivity contribution in [1.82, 2.24) is 15.0 Å². The highest BCUT2D eigenvalue weighted by Crippen LogP contribution is 2.22. The monoisotopic (exact) mass is 262 g/mol. The first-order chi connectivity index (χ1) is 8.49. The largest absolute Gasteiger partial charge is 0.368 e. The van der Waals surface area contributed by atoms with Crippen molar-refractivity contribution in [2.45, 2.75) is 25.9 Å². The van der Waals surface area contributed by atoms with Crippen LogP contribution in [0.4, 0.5) is 5.82 Å². The molecule has 0 aliphatic rings. The van der Waals surface area contributed by atoms with E-state index in [1.807, 2.05) is 18.5 Å². The summed E-state index contributed by atoms with van der Waals surface area (Å²) in [7, 11) is 0. The lowest BCUT2D eigenvalue weighted by molar-refractivity contribution is 0.442. The van der Waals surface area contributed by atoms with Gasteiger partial charge in [0.25, 0.3) is 0 Å². The van der Waals surface area contributed by atoms with Crippen LogP contribution in [0, 0.1) is 5.41 Å². The third-order valence-corrected chi connectivity index (χ3v) is 3.01. The van der Waals surface area contributed by atoms with E-state index in [1.54, 1.807) is 6.20 Å². The minimum atomic E-state index is 0.208. The highest BCUT2D eigenvalue weighted by Gasteiger charge is 2.12. The van der Waals surface area contributed by atoms with Gasteiger partial charge in [0.15, 0.2) is 11.0 Å². The number of anilines is 1. The molecule has 0 atom stereocenters. The fourth-order valence-corrected chi connectivity index (χ4v) is 1.86. The van der Waals surface area contributed by atoms with Gasteiger partial charge in [0, 0.05) is 24.3 Å². The lowest BCUT2D eigenvalue weighted by Gasteiger charge is -2.19. The normalized spacial score (nSPS) is 11.8. The van der Waals surface area contributed by atoms with Crippen LogP contribution >= 0.6 is 11.8 Å². The zero-order valence-corrected chi connectivity index (χ0v) is 12.0. The Morgan fingerprint density at radius 1 is 1.28 bits per heavy atom. The smallest absolute Gasteiger partial charge is 0.187 e. The zero-order chi connectivity index (χ0) is 13.2. The molecule has 0 bridgehead atoms. The molecule has 0 unspecified atom stereocenters. The minimum Gasteiger partial charge on any atom is -0.368 e. The summed E-state index contributed by atoms with van der Waals surface area (Å²) >= 11 is 1.54. The molecule has 2 aromatic heterocycles. The summed E-state index contributed by atoms with van der Waals surface area (Å²) in [5.41, 5.74) is 1.10. The molecule has 2 aromatic rings. The summed E-state index contributed by atoms with van der Waals surface area (Å²) in [6, 6.07) is 1.93. The fourth-order valence-electron chi connectivity index (χ4n) is 1.52. The maximum absolute atomic E-state index is 4.52. The average Bonchev–Trinajstić information content (AvgIpc) is 2.34. The topological polar surface area (TPSA) is 50.7 Å². The number of thioether (sulfide) groups is 1. The molecule has 5 heteroatoms. The first-order valence-corrected chi connectivity index (χ1v) is 7.12. The first-order valence-electron chi connectivity index (χ1n) is 5.89. The van der Waals surface area contributed by atoms with E-state index >= 15 is 0 Å². The van der Waals surface area contributed by atoms with E-state index in [4.69, 9.17) is 0 Å². The van der Waals surface area contributed by atoms with E-state index in [9.17, 15) is 0 Å². The second-order valence-corrected chi connectivity index (χ2v) is 6.14. The molecule has 0 aliphatic heterocycles. The van der Waals surface area contributed by atoms with Gasteiger partial charge in [-0.05, 0) is 17.7 Å². The number of hydrogen-bond acceptors (Lipinski definition) is 5. The molecule has 2 heterocycles. The molecule has 0 aromatic carbocycles. The molecular weight excluding hydrogens is 244 g/mol. The van der Waals surface area contributed by atoms with Crippen molar-refractivity contribution in [3.8, 4) is 0 Å². The number of nitrogens with one attached hydrogen (secondary N) is 1. The summed E-state index contributed by atoms with van der Waals surface area (Å²) in [4.78, 5) is 13.2. The van der Waals surface area contributed by atoms with E-state index in [-0.39, 0.29) is 5.41 Å². The molecule has 0 fully saturated rings. The van der Waals surface area contributed by atoms with Crippen LogP contribution in [0.1, 0.15) is 20.8 Å². The lowest BCUT2D eigenvalue weighted by Crippen LogP contribution is -2.19. The fraction of sp³-hybridized carbons (Fsp3) is 0.462. The maximum Gasteiger partial charge on any atom is 0.187 e. The second-order valence-electron chi connectivity index (χ2n) is 5.37. The highest BCUT2D eigenvalue weighted by atomic mass is 32.2. The minimum absolute atomic E-state index is 0.208. The van der Waals surface area contributed by atoms with Gasteiger partial charge in [0.05, 0.1) is 0 Å². The number of nitrogens with zero attached hydrogens (tertiary/aromatic N) is 3. The van der Waals surface area contributed by atoms with Crippen molar-refractivity contribution >= 4 is 28.5 Å². The quantitative estimate of drug-likeness (QED) is 0.680. The van der Waals surface area contributed by atoms with Crippen LogP contribution in [0.25, 0.3) is 10.9 Å². The standard InChI is InChI=1S/C13H18N4S/c1-13(2,3)8-16-11-10-9(5-6-14-11)7-15-12(17-10)18-4/h5-7H,8H2,1-4H3,(H,14,16). The van der Waals surface area contributed by atoms with Crippen LogP contribution < -0.4 is 5.32 Å². The molecule has 0 saturated heterocycles. The van der Waals surface area contributed by atoms with Crippen molar-refractivity contribution in [3.05, 3.63) is 18.5 Å². The van der Waals surface area contributed by atoms with E-state index in [0.29, 0.717) is 0 Å². The van der Waals surface area contributed by atoms with Gasteiger partial charge < -0.3 is 5.32 Å². The van der Waals surface area contributed by atoms with Crippen LogP contribution in [0.2, 0.25) is 0 Å². The predicted molar refractivity (Wildman–Crippen MR) is 77.1 cm³/mol. The summed E-state index contributed by atoms with van der Waals surface area (Å²) in [5, 5.41) is 5.15. The SMILES string of the molecule is CSc1ncc2ccnc(NCC(C)(C)C)c2n1. The number of fused-ring (bicyclic) bond motifs is 1. The maximum atomic E-state index is 4.52. The molecule has 0 spiro atoms. The molecule has 1 N–H and O–H groups in total. The molecule has 4 nitrogen and oxygen atoms in total. The molecule has 0 amide bonds. The first kappa shape index (κ1) is 13.1. The van der Waals surface area contributed by atoms with E-state index in [2.05, 4.69) is 41.0 Å². The van der Waals surface area contributed by atoms with Crippen LogP contribution in [0.3, 0.4) is 0 Å². The Balaban J connectivity index is 2.37. The Hall–Kier alpha value is -1.36. The van der Waals surface area contributed by atoms with Gasteiger partial charge in [-0.2, -0.15) is 0 Å². The number of rotatable bonds is 3. The van der Waals surface area contributed by atoms with E-state index < -0.39 is 0 Å². The van der Waals surface area contributed by atoms with Crippen LogP contribution in [0.5, 0.6) is 0 Å². The second kappa shape index (κ2) is 5.10. The Kier molecular flexibility index (Phi) is 3.71. The third kappa shape index (κ3) is 3.10. The van der Waals surface area contributed by atoms with Crippen molar-refractivity contribution in [1.29, 1.82) is 0 Å². The highest BCUT2D eigenvalue weighted by molar-refractivity contribution is 7.98. The van der Waals surface area contributed by atoms with Gasteiger partial charge >= 0.3 is 0 Å². The van der Waals surface area contributed by atoms with Gasteiger partial charge in [-0.25, -0.2) is 15.0 Å². The Labute approximate surface area is 112 Å². The summed E-state index contributed by atoms with van der Waals surface area (Å²) in [5.74, 6) is 0.833. The van der Waals surface area contributed by atoms with Crippen molar-refractivity contribution in [2.75, 3.05) is 18.1 Å². The predicted octanol–water partition coefficient (Wildman–Crippen LogP) is 3.20. The summed E-state index contributed by atoms with van der Waals surface area (Å²) < 4.78 is 0. The van der Waals surface area contributed by atoms with Crippen LogP contribution in [0.15, 0.2) is 23.6 Å². The van der Waals surface area contributed by atoms with Gasteiger partial charge in [-0.3, -0.25) is 0 Å². The van der Waals surface area contributed by atoms with Crippen molar-refractivity contribution < 1.29 is 0 Å². The average molecular weight is 262 g/mol. The van der Waals surface area contributed by atoms with Gasteiger partial charge in [0.2, 0.25) is 0 Å². The molecule has 0 radical (unpaired) electrons. The molecule has 0 aliphatic carbocycles. The third-order valence-electron chi connectivity index (χ3n) is 2.45. The Bertz CT molecular complexity index is 548. The molecule has 96 valence electrons. The molecular formula is C13H18N4S. The summed E-state index contributed by atoms with van der Waals surface area (Å²) in [6.07, 6.45) is 5.60. The Morgan fingerprint density at radius 3 is 2.72 bits per heavy atom. The lowest BCUT2D eigenvalue weighted by atomic mass is 9.97. The van der Waals surface area contributed by atoms with E-state index in [1.165, 1.54) is 11.8 Å². The molecule has 2 rings (SSSR count). The number of pyridine rings is 1. The van der Waals surface area contributed by atoms with Crippen LogP contribution in [-0.2, 0) is 0 Å². The van der Waals surface area contributed by atoms with Crippen LogP contribution in [-0.4, -0.2) is 27.8 Å². The molecule has 0 saturated carbocycles. The number of aromatic nitrogens is 3. The van der Waals surface area contributed by atoms with E-state index in [0.717, 1.165) is 28.4 Å². The molecule has 18 heavy (non-hydrogen) atoms. The Morgan fingerprint density at radius 2 is 2.06 bits per heavy atom. The van der Waals surface area contributed by atoms with Crippen molar-refractivity contribution in [3.63, 3.8) is 0 Å². The zero-order valence-electron chi connectivity index (χ0n) is 11.2.